The molecule has 1 aromatic heterocycles. The molecule has 8 heteroatoms. The van der Waals surface area contributed by atoms with Crippen molar-refractivity contribution in [1.82, 2.24) is 10.2 Å². The van der Waals surface area contributed by atoms with Crippen molar-refractivity contribution in [3.63, 3.8) is 0 Å². The van der Waals surface area contributed by atoms with Gasteiger partial charge in [-0.3, -0.25) is 4.79 Å². The SMILES string of the molecule is CCC(c1ccccc1)c1ccccc1.CCCC(CCC)Oc1cccc2c1CN(c1cn[nH]c(=O)c1C(F)(F)F)C2. The number of halogens is 3. The van der Waals surface area contributed by atoms with Gasteiger partial charge in [-0.15, -0.1) is 0 Å². The number of aromatic amines is 1. The summed E-state index contributed by atoms with van der Waals surface area (Å²) < 4.78 is 46.5. The molecule has 0 aliphatic carbocycles. The van der Waals surface area contributed by atoms with Crippen LogP contribution < -0.4 is 15.2 Å². The number of hydrogen-bond donors (Lipinski definition) is 1. The molecule has 0 radical (unpaired) electrons. The molecule has 5 rings (SSSR count). The number of fused-ring (bicyclic) bond motifs is 1. The monoisotopic (exact) mass is 591 g/mol. The van der Waals surface area contributed by atoms with Crippen LogP contribution in [0.4, 0.5) is 18.9 Å². The quantitative estimate of drug-likeness (QED) is 0.200. The molecule has 2 heterocycles. The second-order valence-electron chi connectivity index (χ2n) is 10.8. The Labute approximate surface area is 251 Å². The largest absolute Gasteiger partial charge is 0.490 e. The number of alkyl halides is 3. The molecule has 43 heavy (non-hydrogen) atoms. The van der Waals surface area contributed by atoms with E-state index in [-0.39, 0.29) is 24.9 Å². The van der Waals surface area contributed by atoms with Crippen LogP contribution in [-0.2, 0) is 19.3 Å². The van der Waals surface area contributed by atoms with Crippen LogP contribution in [0.25, 0.3) is 0 Å². The van der Waals surface area contributed by atoms with Crippen molar-refractivity contribution in [3.8, 4) is 5.75 Å². The first kappa shape index (κ1) is 31.9. The maximum absolute atomic E-state index is 13.4. The van der Waals surface area contributed by atoms with Gasteiger partial charge >= 0.3 is 6.18 Å². The molecule has 5 nitrogen and oxygen atoms in total. The van der Waals surface area contributed by atoms with Crippen molar-refractivity contribution >= 4 is 5.69 Å². The molecule has 3 aromatic carbocycles. The van der Waals surface area contributed by atoms with Crippen LogP contribution in [0.5, 0.6) is 5.75 Å². The summed E-state index contributed by atoms with van der Waals surface area (Å²) in [5, 5.41) is 5.45. The Morgan fingerprint density at radius 2 is 1.47 bits per heavy atom. The van der Waals surface area contributed by atoms with E-state index in [9.17, 15) is 18.0 Å². The van der Waals surface area contributed by atoms with Gasteiger partial charge in [-0.1, -0.05) is 106 Å². The lowest BCUT2D eigenvalue weighted by molar-refractivity contribution is -0.138. The molecule has 0 fully saturated rings. The van der Waals surface area contributed by atoms with E-state index >= 15 is 0 Å². The van der Waals surface area contributed by atoms with Crippen LogP contribution in [0.1, 0.15) is 86.6 Å². The summed E-state index contributed by atoms with van der Waals surface area (Å²) in [4.78, 5) is 13.3. The topological polar surface area (TPSA) is 58.2 Å². The predicted molar refractivity (Wildman–Crippen MR) is 165 cm³/mol. The average Bonchev–Trinajstić information content (AvgIpc) is 3.44. The number of benzene rings is 3. The molecule has 0 spiro atoms. The van der Waals surface area contributed by atoms with E-state index in [1.807, 2.05) is 23.3 Å². The number of anilines is 1. The van der Waals surface area contributed by atoms with Crippen molar-refractivity contribution in [2.45, 2.75) is 84.2 Å². The van der Waals surface area contributed by atoms with Crippen LogP contribution in [0, 0.1) is 0 Å². The van der Waals surface area contributed by atoms with Crippen LogP contribution in [0.3, 0.4) is 0 Å². The second-order valence-corrected chi connectivity index (χ2v) is 10.8. The first-order chi connectivity index (χ1) is 20.8. The number of nitrogens with zero attached hydrogens (tertiary/aromatic N) is 2. The molecule has 228 valence electrons. The molecule has 1 N–H and O–H groups in total. The van der Waals surface area contributed by atoms with E-state index in [1.54, 1.807) is 0 Å². The lowest BCUT2D eigenvalue weighted by Crippen LogP contribution is -2.28. The Morgan fingerprint density at radius 3 is 2.00 bits per heavy atom. The Balaban J connectivity index is 0.000000237. The van der Waals surface area contributed by atoms with E-state index in [4.69, 9.17) is 4.74 Å². The van der Waals surface area contributed by atoms with Gasteiger partial charge in [0.15, 0.2) is 0 Å². The fraction of sp³-hybridized carbons (Fsp3) is 0.371. The van der Waals surface area contributed by atoms with Gasteiger partial charge in [0.25, 0.3) is 5.56 Å². The third-order valence-electron chi connectivity index (χ3n) is 7.73. The highest BCUT2D eigenvalue weighted by atomic mass is 19.4. The third kappa shape index (κ3) is 8.06. The van der Waals surface area contributed by atoms with Gasteiger partial charge in [0.1, 0.15) is 11.3 Å². The Morgan fingerprint density at radius 1 is 0.860 bits per heavy atom. The number of rotatable bonds is 10. The van der Waals surface area contributed by atoms with Crippen molar-refractivity contribution in [2.24, 2.45) is 0 Å². The summed E-state index contributed by atoms with van der Waals surface area (Å²) in [6, 6.07) is 27.0. The van der Waals surface area contributed by atoms with Crippen molar-refractivity contribution in [2.75, 3.05) is 4.90 Å². The van der Waals surface area contributed by atoms with E-state index in [0.29, 0.717) is 11.7 Å². The lowest BCUT2D eigenvalue weighted by Gasteiger charge is -2.22. The molecule has 1 aliphatic rings. The number of hydrogen-bond acceptors (Lipinski definition) is 4. The first-order valence-corrected chi connectivity index (χ1v) is 15.0. The summed E-state index contributed by atoms with van der Waals surface area (Å²) in [5.74, 6) is 1.24. The van der Waals surface area contributed by atoms with E-state index in [2.05, 4.69) is 86.5 Å². The molecule has 0 bridgehead atoms. The Hall–Kier alpha value is -4.07. The summed E-state index contributed by atoms with van der Waals surface area (Å²) in [5.41, 5.74) is 1.93. The van der Waals surface area contributed by atoms with E-state index in [0.717, 1.165) is 49.4 Å². The van der Waals surface area contributed by atoms with Gasteiger partial charge in [0.05, 0.1) is 18.0 Å². The highest BCUT2D eigenvalue weighted by molar-refractivity contribution is 5.58. The molecular weight excluding hydrogens is 551 g/mol. The van der Waals surface area contributed by atoms with E-state index < -0.39 is 17.3 Å². The number of nitrogens with one attached hydrogen (secondary N) is 1. The van der Waals surface area contributed by atoms with Crippen LogP contribution in [-0.4, -0.2) is 16.3 Å². The van der Waals surface area contributed by atoms with Crippen LogP contribution in [0.15, 0.2) is 89.9 Å². The lowest BCUT2D eigenvalue weighted by atomic mass is 9.89. The molecule has 0 saturated carbocycles. The zero-order valence-electron chi connectivity index (χ0n) is 25.0. The minimum atomic E-state index is -4.76. The number of ether oxygens (including phenoxy) is 1. The molecule has 0 saturated heterocycles. The Kier molecular flexibility index (Phi) is 11.0. The average molecular weight is 592 g/mol. The highest BCUT2D eigenvalue weighted by Crippen LogP contribution is 2.39. The molecule has 4 aromatic rings. The van der Waals surface area contributed by atoms with Crippen molar-refractivity contribution < 1.29 is 17.9 Å². The van der Waals surface area contributed by atoms with Crippen LogP contribution in [0.2, 0.25) is 0 Å². The third-order valence-corrected chi connectivity index (χ3v) is 7.73. The fourth-order valence-electron chi connectivity index (χ4n) is 5.69. The highest BCUT2D eigenvalue weighted by Gasteiger charge is 2.40. The molecule has 0 atom stereocenters. The van der Waals surface area contributed by atoms with Gasteiger partial charge in [-0.05, 0) is 42.0 Å². The summed E-state index contributed by atoms with van der Waals surface area (Å²) in [7, 11) is 0. The first-order valence-electron chi connectivity index (χ1n) is 15.0. The molecular formula is C35H40F3N3O2. The zero-order valence-corrected chi connectivity index (χ0v) is 25.0. The van der Waals surface area contributed by atoms with Gasteiger partial charge < -0.3 is 9.64 Å². The number of aromatic nitrogens is 2. The van der Waals surface area contributed by atoms with Crippen LogP contribution >= 0.6 is 0 Å². The zero-order chi connectivity index (χ0) is 30.8. The smallest absolute Gasteiger partial charge is 0.423 e. The number of H-pyrrole nitrogens is 1. The van der Waals surface area contributed by atoms with Gasteiger partial charge in [0, 0.05) is 24.6 Å². The van der Waals surface area contributed by atoms with Crippen molar-refractivity contribution in [1.29, 1.82) is 0 Å². The Bertz CT molecular complexity index is 1440. The maximum atomic E-state index is 13.4. The predicted octanol–water partition coefficient (Wildman–Crippen LogP) is 8.89. The standard InChI is InChI=1S/C20H24F3N3O2.C15H16/c1-3-6-14(7-4-2)28-17-9-5-8-13-11-26(12-15(13)17)16-10-24-25-19(27)18(16)20(21,22)23;1-2-15(13-9-5-3-6-10-13)14-11-7-4-8-12-14/h5,8-10,14H,3-4,6-7,11-12H2,1-2H3,(H,25,27);3-12,15H,2H2,1H3. The van der Waals surface area contributed by atoms with Gasteiger partial charge in [0.2, 0.25) is 0 Å². The summed E-state index contributed by atoms with van der Waals surface area (Å²) in [6.45, 7) is 6.95. The molecule has 0 unspecified atom stereocenters. The fourth-order valence-corrected chi connectivity index (χ4v) is 5.69. The molecule has 1 aliphatic heterocycles. The normalized spacial score (nSPS) is 12.7. The maximum Gasteiger partial charge on any atom is 0.423 e. The summed E-state index contributed by atoms with van der Waals surface area (Å²) >= 11 is 0. The minimum Gasteiger partial charge on any atom is -0.490 e. The van der Waals surface area contributed by atoms with Gasteiger partial charge in [-0.2, -0.15) is 18.3 Å². The van der Waals surface area contributed by atoms with Gasteiger partial charge in [-0.25, -0.2) is 5.10 Å². The van der Waals surface area contributed by atoms with Crippen molar-refractivity contribution in [3.05, 3.63) is 123 Å². The minimum absolute atomic E-state index is 0.0857. The summed E-state index contributed by atoms with van der Waals surface area (Å²) in [6.07, 6.45) is 1.39. The molecule has 0 amide bonds. The second kappa shape index (κ2) is 14.9. The van der Waals surface area contributed by atoms with E-state index in [1.165, 1.54) is 16.0 Å².